The second kappa shape index (κ2) is 11.0. The fourth-order valence-electron chi connectivity index (χ4n) is 2.84. The fourth-order valence-corrected chi connectivity index (χ4v) is 3.14. The first-order valence-electron chi connectivity index (χ1n) is 9.51. The van der Waals surface area contributed by atoms with E-state index in [0.29, 0.717) is 36.1 Å². The Kier molecular flexibility index (Phi) is 8.65. The number of benzene rings is 1. The van der Waals surface area contributed by atoms with Crippen LogP contribution in [-0.2, 0) is 17.8 Å². The molecule has 1 N–H and O–H groups in total. The van der Waals surface area contributed by atoms with E-state index in [1.54, 1.807) is 22.9 Å². The SMILES string of the molecule is COc1ccc(CCNC(=O)/C=C/c2c(C)nn(CC(C)C)c2Cl)cc1OC(F)F. The van der Waals surface area contributed by atoms with Crippen molar-refractivity contribution in [3.63, 3.8) is 0 Å². The Bertz CT molecular complexity index is 898. The van der Waals surface area contributed by atoms with E-state index < -0.39 is 6.61 Å². The maximum Gasteiger partial charge on any atom is 0.387 e. The first-order chi connectivity index (χ1) is 14.2. The predicted molar refractivity (Wildman–Crippen MR) is 112 cm³/mol. The van der Waals surface area contributed by atoms with Gasteiger partial charge in [-0.3, -0.25) is 9.48 Å². The molecule has 0 saturated heterocycles. The highest BCUT2D eigenvalue weighted by Gasteiger charge is 2.13. The number of rotatable bonds is 10. The molecule has 0 fully saturated rings. The third-order valence-corrected chi connectivity index (χ3v) is 4.60. The number of amides is 1. The molecule has 0 aliphatic heterocycles. The summed E-state index contributed by atoms with van der Waals surface area (Å²) in [6.07, 6.45) is 3.48. The molecular weight excluding hydrogens is 416 g/mol. The molecule has 1 aromatic heterocycles. The second-order valence-electron chi connectivity index (χ2n) is 7.10. The van der Waals surface area contributed by atoms with Gasteiger partial charge >= 0.3 is 6.61 Å². The molecule has 0 aliphatic rings. The molecule has 0 spiro atoms. The Morgan fingerprint density at radius 3 is 2.70 bits per heavy atom. The minimum absolute atomic E-state index is 0.0419. The van der Waals surface area contributed by atoms with E-state index in [2.05, 4.69) is 29.0 Å². The van der Waals surface area contributed by atoms with Crippen LogP contribution in [0.4, 0.5) is 8.78 Å². The third-order valence-electron chi connectivity index (χ3n) is 4.21. The Morgan fingerprint density at radius 2 is 2.07 bits per heavy atom. The molecule has 164 valence electrons. The van der Waals surface area contributed by atoms with Gasteiger partial charge in [0.1, 0.15) is 5.15 Å². The van der Waals surface area contributed by atoms with Gasteiger partial charge in [0.15, 0.2) is 11.5 Å². The van der Waals surface area contributed by atoms with Crippen LogP contribution in [0.15, 0.2) is 24.3 Å². The summed E-state index contributed by atoms with van der Waals surface area (Å²) >= 11 is 6.36. The number of aryl methyl sites for hydroxylation is 1. The Morgan fingerprint density at radius 1 is 1.33 bits per heavy atom. The van der Waals surface area contributed by atoms with E-state index in [1.165, 1.54) is 19.3 Å². The molecule has 0 saturated carbocycles. The van der Waals surface area contributed by atoms with Gasteiger partial charge in [-0.1, -0.05) is 31.5 Å². The van der Waals surface area contributed by atoms with Crippen LogP contribution in [-0.4, -0.2) is 36.0 Å². The van der Waals surface area contributed by atoms with Gasteiger partial charge in [0.2, 0.25) is 5.91 Å². The maximum atomic E-state index is 12.5. The van der Waals surface area contributed by atoms with Crippen LogP contribution >= 0.6 is 11.6 Å². The normalized spacial score (nSPS) is 11.5. The number of halogens is 3. The average molecular weight is 442 g/mol. The standard InChI is InChI=1S/C21H26ClF2N3O3/c1-13(2)12-27-20(22)16(14(3)26-27)6-8-19(28)25-10-9-15-5-7-17(29-4)18(11-15)30-21(23)24/h5-8,11,13,21H,9-10,12H2,1-4H3,(H,25,28)/b8-6+. The smallest absolute Gasteiger partial charge is 0.387 e. The van der Waals surface area contributed by atoms with Crippen molar-refractivity contribution in [2.24, 2.45) is 5.92 Å². The number of hydrogen-bond acceptors (Lipinski definition) is 4. The first kappa shape index (κ1) is 23.7. The molecule has 1 amide bonds. The van der Waals surface area contributed by atoms with E-state index in [0.717, 1.165) is 11.3 Å². The van der Waals surface area contributed by atoms with E-state index in [9.17, 15) is 13.6 Å². The van der Waals surface area contributed by atoms with Gasteiger partial charge in [-0.2, -0.15) is 13.9 Å². The minimum atomic E-state index is -2.95. The molecule has 30 heavy (non-hydrogen) atoms. The highest BCUT2D eigenvalue weighted by molar-refractivity contribution is 6.31. The number of carbonyl (C=O) groups excluding carboxylic acids is 1. The molecule has 0 radical (unpaired) electrons. The van der Waals surface area contributed by atoms with Gasteiger partial charge in [0.25, 0.3) is 0 Å². The lowest BCUT2D eigenvalue weighted by molar-refractivity contribution is -0.116. The van der Waals surface area contributed by atoms with Crippen LogP contribution in [0.25, 0.3) is 6.08 Å². The highest BCUT2D eigenvalue weighted by Crippen LogP contribution is 2.29. The predicted octanol–water partition coefficient (Wildman–Crippen LogP) is 4.48. The van der Waals surface area contributed by atoms with Gasteiger partial charge in [-0.15, -0.1) is 0 Å². The summed E-state index contributed by atoms with van der Waals surface area (Å²) in [5.74, 6) is 0.280. The van der Waals surface area contributed by atoms with Gasteiger partial charge in [0.05, 0.1) is 12.8 Å². The number of methoxy groups -OCH3 is 1. The summed E-state index contributed by atoms with van der Waals surface area (Å²) in [6.45, 7) is 4.05. The summed E-state index contributed by atoms with van der Waals surface area (Å²) in [5.41, 5.74) is 2.18. The quantitative estimate of drug-likeness (QED) is 0.552. The van der Waals surface area contributed by atoms with Crippen molar-refractivity contribution < 1.29 is 23.0 Å². The number of hydrogen-bond donors (Lipinski definition) is 1. The van der Waals surface area contributed by atoms with Crippen molar-refractivity contribution >= 4 is 23.6 Å². The van der Waals surface area contributed by atoms with E-state index in [4.69, 9.17) is 16.3 Å². The van der Waals surface area contributed by atoms with Crippen molar-refractivity contribution in [1.29, 1.82) is 0 Å². The lowest BCUT2D eigenvalue weighted by Crippen LogP contribution is -2.23. The number of carbonyl (C=O) groups is 1. The van der Waals surface area contributed by atoms with Crippen molar-refractivity contribution in [3.8, 4) is 11.5 Å². The van der Waals surface area contributed by atoms with Crippen molar-refractivity contribution in [2.45, 2.75) is 40.3 Å². The zero-order valence-corrected chi connectivity index (χ0v) is 18.2. The topological polar surface area (TPSA) is 65.4 Å². The molecule has 0 unspecified atom stereocenters. The summed E-state index contributed by atoms with van der Waals surface area (Å²) in [7, 11) is 1.38. The number of aromatic nitrogens is 2. The number of nitrogens with one attached hydrogen (secondary N) is 1. The molecule has 0 bridgehead atoms. The summed E-state index contributed by atoms with van der Waals surface area (Å²) < 4.78 is 36.2. The summed E-state index contributed by atoms with van der Waals surface area (Å²) in [4.78, 5) is 12.1. The van der Waals surface area contributed by atoms with Crippen LogP contribution in [0.3, 0.4) is 0 Å². The molecule has 6 nitrogen and oxygen atoms in total. The molecule has 1 heterocycles. The summed E-state index contributed by atoms with van der Waals surface area (Å²) in [5, 5.41) is 7.65. The van der Waals surface area contributed by atoms with Crippen LogP contribution < -0.4 is 14.8 Å². The lowest BCUT2D eigenvalue weighted by atomic mass is 10.1. The molecule has 1 aromatic carbocycles. The zero-order chi connectivity index (χ0) is 22.3. The largest absolute Gasteiger partial charge is 0.493 e. The summed E-state index contributed by atoms with van der Waals surface area (Å²) in [6, 6.07) is 4.75. The molecule has 0 atom stereocenters. The van der Waals surface area contributed by atoms with Crippen molar-refractivity contribution in [1.82, 2.24) is 15.1 Å². The van der Waals surface area contributed by atoms with Crippen LogP contribution in [0.5, 0.6) is 11.5 Å². The second-order valence-corrected chi connectivity index (χ2v) is 7.46. The van der Waals surface area contributed by atoms with Gasteiger partial charge < -0.3 is 14.8 Å². The van der Waals surface area contributed by atoms with Crippen LogP contribution in [0.2, 0.25) is 5.15 Å². The van der Waals surface area contributed by atoms with Gasteiger partial charge in [0, 0.05) is 24.7 Å². The monoisotopic (exact) mass is 441 g/mol. The van der Waals surface area contributed by atoms with Crippen molar-refractivity contribution in [3.05, 3.63) is 46.2 Å². The van der Waals surface area contributed by atoms with E-state index in [1.807, 2.05) is 6.92 Å². The van der Waals surface area contributed by atoms with Gasteiger partial charge in [-0.25, -0.2) is 0 Å². The fraction of sp³-hybridized carbons (Fsp3) is 0.429. The molecular formula is C21H26ClF2N3O3. The number of alkyl halides is 2. The molecule has 0 aliphatic carbocycles. The number of nitrogens with zero attached hydrogens (tertiary/aromatic N) is 2. The molecule has 9 heteroatoms. The van der Waals surface area contributed by atoms with Crippen LogP contribution in [0.1, 0.15) is 30.7 Å². The zero-order valence-electron chi connectivity index (χ0n) is 17.4. The van der Waals surface area contributed by atoms with E-state index >= 15 is 0 Å². The van der Waals surface area contributed by atoms with Gasteiger partial charge in [-0.05, 0) is 43.0 Å². The van der Waals surface area contributed by atoms with Crippen LogP contribution in [0, 0.1) is 12.8 Å². The number of ether oxygens (including phenoxy) is 2. The molecule has 2 aromatic rings. The third kappa shape index (κ3) is 6.73. The average Bonchev–Trinajstić information content (AvgIpc) is 2.92. The minimum Gasteiger partial charge on any atom is -0.493 e. The molecule has 2 rings (SSSR count). The van der Waals surface area contributed by atoms with Crippen molar-refractivity contribution in [2.75, 3.05) is 13.7 Å². The Labute approximate surface area is 179 Å². The first-order valence-corrected chi connectivity index (χ1v) is 9.89. The Hall–Kier alpha value is -2.61. The van der Waals surface area contributed by atoms with E-state index in [-0.39, 0.29) is 17.4 Å². The lowest BCUT2D eigenvalue weighted by Gasteiger charge is -2.11. The Balaban J connectivity index is 1.93. The highest BCUT2D eigenvalue weighted by atomic mass is 35.5. The maximum absolute atomic E-state index is 12.5.